The number of amides is 2. The summed E-state index contributed by atoms with van der Waals surface area (Å²) < 4.78 is 13.8. The standard InChI is InChI=1S/C22H26FN5O2S/c23-18-6-2-1-5-16(18)15-31-22-25-17(13-20(29)26-22)14-21(30)28-11-9-27(10-12-28)19-7-3-4-8-24-19/h1-8,17,22,25H,9-15H2,(H,26,29). The summed E-state index contributed by atoms with van der Waals surface area (Å²) in [5.41, 5.74) is 0.243. The van der Waals surface area contributed by atoms with Crippen LogP contribution in [0.2, 0.25) is 0 Å². The SMILES string of the molecule is O=C1CC(CC(=O)N2CCN(c3ccccn3)CC2)NC(SCc2ccccc2F)N1. The average molecular weight is 444 g/mol. The van der Waals surface area contributed by atoms with E-state index in [9.17, 15) is 14.0 Å². The molecule has 164 valence electrons. The Morgan fingerprint density at radius 2 is 1.90 bits per heavy atom. The first-order chi connectivity index (χ1) is 15.1. The second-order valence-corrected chi connectivity index (χ2v) is 8.77. The molecule has 0 saturated carbocycles. The molecule has 0 aliphatic carbocycles. The van der Waals surface area contributed by atoms with Gasteiger partial charge < -0.3 is 15.1 Å². The first-order valence-corrected chi connectivity index (χ1v) is 11.5. The molecule has 9 heteroatoms. The Labute approximate surface area is 185 Å². The number of anilines is 1. The molecule has 7 nitrogen and oxygen atoms in total. The van der Waals surface area contributed by atoms with Crippen molar-refractivity contribution in [2.45, 2.75) is 30.1 Å². The van der Waals surface area contributed by atoms with E-state index in [-0.39, 0.29) is 42.0 Å². The first-order valence-electron chi connectivity index (χ1n) is 10.4. The van der Waals surface area contributed by atoms with Gasteiger partial charge in [-0.3, -0.25) is 14.9 Å². The summed E-state index contributed by atoms with van der Waals surface area (Å²) in [5, 5.41) is 6.18. The molecule has 2 aromatic rings. The highest BCUT2D eigenvalue weighted by Crippen LogP contribution is 2.21. The molecule has 0 bridgehead atoms. The van der Waals surface area contributed by atoms with Gasteiger partial charge in [0.15, 0.2) is 0 Å². The number of rotatable bonds is 6. The molecular formula is C22H26FN5O2S. The third-order valence-electron chi connectivity index (χ3n) is 5.50. The number of carbonyl (C=O) groups excluding carboxylic acids is 2. The predicted octanol–water partition coefficient (Wildman–Crippen LogP) is 1.95. The lowest BCUT2D eigenvalue weighted by molar-refractivity contribution is -0.132. The van der Waals surface area contributed by atoms with Crippen molar-refractivity contribution < 1.29 is 14.0 Å². The third-order valence-corrected chi connectivity index (χ3v) is 6.57. The highest BCUT2D eigenvalue weighted by molar-refractivity contribution is 7.99. The van der Waals surface area contributed by atoms with Crippen molar-refractivity contribution in [3.63, 3.8) is 0 Å². The lowest BCUT2D eigenvalue weighted by atomic mass is 10.1. The van der Waals surface area contributed by atoms with E-state index in [1.807, 2.05) is 23.1 Å². The number of nitrogens with one attached hydrogen (secondary N) is 2. The Hall–Kier alpha value is -2.65. The minimum Gasteiger partial charge on any atom is -0.353 e. The molecule has 0 spiro atoms. The van der Waals surface area contributed by atoms with Gasteiger partial charge in [0.05, 0.1) is 0 Å². The summed E-state index contributed by atoms with van der Waals surface area (Å²) in [4.78, 5) is 33.4. The summed E-state index contributed by atoms with van der Waals surface area (Å²) >= 11 is 1.41. The van der Waals surface area contributed by atoms with E-state index < -0.39 is 0 Å². The van der Waals surface area contributed by atoms with Crippen LogP contribution in [0, 0.1) is 5.82 Å². The molecule has 0 radical (unpaired) electrons. The van der Waals surface area contributed by atoms with Crippen molar-refractivity contribution in [3.8, 4) is 0 Å². The van der Waals surface area contributed by atoms with Crippen molar-refractivity contribution in [2.24, 2.45) is 0 Å². The zero-order valence-corrected chi connectivity index (χ0v) is 18.0. The van der Waals surface area contributed by atoms with Crippen LogP contribution in [0.25, 0.3) is 0 Å². The van der Waals surface area contributed by atoms with Crippen LogP contribution in [0.4, 0.5) is 10.2 Å². The molecule has 4 rings (SSSR count). The van der Waals surface area contributed by atoms with E-state index in [0.717, 1.165) is 18.9 Å². The van der Waals surface area contributed by atoms with Gasteiger partial charge in [0.1, 0.15) is 17.1 Å². The summed E-state index contributed by atoms with van der Waals surface area (Å²) in [6.45, 7) is 2.75. The van der Waals surface area contributed by atoms with E-state index in [0.29, 0.717) is 24.4 Å². The third kappa shape index (κ3) is 5.74. The fraction of sp³-hybridized carbons (Fsp3) is 0.409. The van der Waals surface area contributed by atoms with Gasteiger partial charge in [-0.2, -0.15) is 0 Å². The van der Waals surface area contributed by atoms with Crippen molar-refractivity contribution >= 4 is 29.4 Å². The van der Waals surface area contributed by atoms with Crippen LogP contribution >= 0.6 is 11.8 Å². The van der Waals surface area contributed by atoms with Gasteiger partial charge in [0.2, 0.25) is 11.8 Å². The highest BCUT2D eigenvalue weighted by atomic mass is 32.2. The topological polar surface area (TPSA) is 77.6 Å². The average Bonchev–Trinajstić information content (AvgIpc) is 2.79. The van der Waals surface area contributed by atoms with Crippen molar-refractivity contribution in [2.75, 3.05) is 31.1 Å². The summed E-state index contributed by atoms with van der Waals surface area (Å²) in [7, 11) is 0. The van der Waals surface area contributed by atoms with Gasteiger partial charge in [-0.1, -0.05) is 24.3 Å². The van der Waals surface area contributed by atoms with Crippen LogP contribution < -0.4 is 15.5 Å². The Kier molecular flexibility index (Phi) is 7.03. The zero-order chi connectivity index (χ0) is 21.6. The molecule has 2 aliphatic rings. The van der Waals surface area contributed by atoms with Crippen molar-refractivity contribution in [1.29, 1.82) is 0 Å². The van der Waals surface area contributed by atoms with E-state index in [1.54, 1.807) is 24.4 Å². The monoisotopic (exact) mass is 443 g/mol. The number of piperazine rings is 1. The minimum atomic E-state index is -0.348. The maximum atomic E-state index is 13.8. The Bertz CT molecular complexity index is 908. The molecule has 2 aliphatic heterocycles. The summed E-state index contributed by atoms with van der Waals surface area (Å²) in [6, 6.07) is 12.2. The number of pyridine rings is 1. The second-order valence-electron chi connectivity index (χ2n) is 7.68. The van der Waals surface area contributed by atoms with Crippen LogP contribution in [-0.4, -0.2) is 59.4 Å². The molecule has 2 amide bonds. The van der Waals surface area contributed by atoms with Gasteiger partial charge in [-0.25, -0.2) is 9.37 Å². The molecule has 3 heterocycles. The predicted molar refractivity (Wildman–Crippen MR) is 119 cm³/mol. The van der Waals surface area contributed by atoms with Crippen LogP contribution in [0.15, 0.2) is 48.7 Å². The zero-order valence-electron chi connectivity index (χ0n) is 17.2. The number of benzene rings is 1. The molecule has 2 saturated heterocycles. The minimum absolute atomic E-state index is 0.0470. The normalized spacial score (nSPS) is 21.6. The maximum absolute atomic E-state index is 13.8. The van der Waals surface area contributed by atoms with E-state index >= 15 is 0 Å². The number of hydrogen-bond donors (Lipinski definition) is 2. The fourth-order valence-corrected chi connectivity index (χ4v) is 4.90. The highest BCUT2D eigenvalue weighted by Gasteiger charge is 2.30. The smallest absolute Gasteiger partial charge is 0.224 e. The van der Waals surface area contributed by atoms with Gasteiger partial charge >= 0.3 is 0 Å². The van der Waals surface area contributed by atoms with E-state index in [4.69, 9.17) is 0 Å². The molecule has 2 fully saturated rings. The summed E-state index contributed by atoms with van der Waals surface area (Å²) in [6.07, 6.45) is 2.30. The molecule has 31 heavy (non-hydrogen) atoms. The molecule has 1 aromatic carbocycles. The Balaban J connectivity index is 1.26. The van der Waals surface area contributed by atoms with Crippen molar-refractivity contribution in [3.05, 3.63) is 60.0 Å². The molecule has 2 unspecified atom stereocenters. The lowest BCUT2D eigenvalue weighted by Crippen LogP contribution is -2.56. The number of halogens is 1. The van der Waals surface area contributed by atoms with E-state index in [2.05, 4.69) is 20.5 Å². The molecular weight excluding hydrogens is 417 g/mol. The van der Waals surface area contributed by atoms with Gasteiger partial charge in [0.25, 0.3) is 0 Å². The number of nitrogens with zero attached hydrogens (tertiary/aromatic N) is 3. The van der Waals surface area contributed by atoms with Crippen LogP contribution in [0.5, 0.6) is 0 Å². The first kappa shape index (κ1) is 21.6. The van der Waals surface area contributed by atoms with Gasteiger partial charge in [0, 0.05) is 57.0 Å². The lowest BCUT2D eigenvalue weighted by Gasteiger charge is -2.37. The number of hydrogen-bond acceptors (Lipinski definition) is 6. The maximum Gasteiger partial charge on any atom is 0.224 e. The number of carbonyl (C=O) groups is 2. The van der Waals surface area contributed by atoms with Gasteiger partial charge in [-0.05, 0) is 23.8 Å². The fourth-order valence-electron chi connectivity index (χ4n) is 3.82. The van der Waals surface area contributed by atoms with Crippen LogP contribution in [0.3, 0.4) is 0 Å². The molecule has 2 N–H and O–H groups in total. The Morgan fingerprint density at radius 3 is 2.65 bits per heavy atom. The number of aromatic nitrogens is 1. The quantitative estimate of drug-likeness (QED) is 0.711. The molecule has 1 aromatic heterocycles. The van der Waals surface area contributed by atoms with Gasteiger partial charge in [-0.15, -0.1) is 11.8 Å². The summed E-state index contributed by atoms with van der Waals surface area (Å²) in [5.74, 6) is 1.05. The second kappa shape index (κ2) is 10.1. The van der Waals surface area contributed by atoms with Crippen LogP contribution in [-0.2, 0) is 15.3 Å². The largest absolute Gasteiger partial charge is 0.353 e. The van der Waals surface area contributed by atoms with Crippen molar-refractivity contribution in [1.82, 2.24) is 20.5 Å². The Morgan fingerprint density at radius 1 is 1.13 bits per heavy atom. The van der Waals surface area contributed by atoms with Crippen LogP contribution in [0.1, 0.15) is 18.4 Å². The van der Waals surface area contributed by atoms with E-state index in [1.165, 1.54) is 17.8 Å². The molecule has 2 atom stereocenters. The number of thioether (sulfide) groups is 1.